The summed E-state index contributed by atoms with van der Waals surface area (Å²) in [5, 5.41) is 8.20. The number of anilines is 2. The third kappa shape index (κ3) is 4.11. The maximum atomic E-state index is 13.0. The quantitative estimate of drug-likeness (QED) is 0.392. The van der Waals surface area contributed by atoms with Gasteiger partial charge in [0.25, 0.3) is 5.91 Å². The number of nitrogens with zero attached hydrogens (tertiary/aromatic N) is 5. The third-order valence-corrected chi connectivity index (χ3v) is 6.19. The zero-order chi connectivity index (χ0) is 22.1. The molecule has 32 heavy (non-hydrogen) atoms. The largest absolute Gasteiger partial charge is 0.368 e. The number of amides is 1. The summed E-state index contributed by atoms with van der Waals surface area (Å²) in [6.07, 6.45) is 12.4. The minimum atomic E-state index is -0.232. The molecule has 4 aromatic rings. The van der Waals surface area contributed by atoms with Gasteiger partial charge in [0.15, 0.2) is 0 Å². The number of nitrogens with two attached hydrogens (primary N) is 1. The molecule has 0 saturated carbocycles. The lowest BCUT2D eigenvalue weighted by Gasteiger charge is -2.33. The van der Waals surface area contributed by atoms with Crippen LogP contribution in [0.2, 0.25) is 0 Å². The molecule has 1 atom stereocenters. The number of carbonyl (C=O) groups is 1. The van der Waals surface area contributed by atoms with E-state index in [2.05, 4.69) is 46.2 Å². The first-order valence-electron chi connectivity index (χ1n) is 10.5. The van der Waals surface area contributed by atoms with Crippen LogP contribution < -0.4 is 16.0 Å². The fraction of sp³-hybridized carbons (Fsp3) is 0.273. The molecule has 4 aromatic heterocycles. The number of hydrogen-bond donors (Lipinski definition) is 3. The van der Waals surface area contributed by atoms with E-state index in [0.29, 0.717) is 23.4 Å². The Morgan fingerprint density at radius 2 is 2.25 bits per heavy atom. The maximum Gasteiger partial charge on any atom is 0.258 e. The molecule has 10 heteroatoms. The van der Waals surface area contributed by atoms with Crippen LogP contribution in [0, 0.1) is 0 Å². The molecular formula is C22H23BrN8O. The van der Waals surface area contributed by atoms with Crippen LogP contribution >= 0.6 is 15.9 Å². The van der Waals surface area contributed by atoms with E-state index in [1.807, 2.05) is 12.1 Å². The number of nitrogens with one attached hydrogen (secondary N) is 2. The van der Waals surface area contributed by atoms with Gasteiger partial charge >= 0.3 is 0 Å². The molecule has 1 aliphatic heterocycles. The van der Waals surface area contributed by atoms with Gasteiger partial charge < -0.3 is 20.9 Å². The minimum Gasteiger partial charge on any atom is -0.368 e. The van der Waals surface area contributed by atoms with Crippen LogP contribution in [0.3, 0.4) is 0 Å². The summed E-state index contributed by atoms with van der Waals surface area (Å²) in [6, 6.07) is 3.98. The molecule has 0 aliphatic carbocycles. The topological polar surface area (TPSA) is 118 Å². The number of H-pyrrole nitrogens is 1. The second-order valence-electron chi connectivity index (χ2n) is 7.97. The molecule has 5 heterocycles. The van der Waals surface area contributed by atoms with Gasteiger partial charge in [-0.2, -0.15) is 5.10 Å². The third-order valence-electron chi connectivity index (χ3n) is 5.61. The highest BCUT2D eigenvalue weighted by Crippen LogP contribution is 2.38. The molecule has 1 fully saturated rings. The van der Waals surface area contributed by atoms with Gasteiger partial charge in [0.1, 0.15) is 5.65 Å². The number of piperidine rings is 1. The first-order valence-corrected chi connectivity index (χ1v) is 11.3. The lowest BCUT2D eigenvalue weighted by molar-refractivity contribution is 0.102. The highest BCUT2D eigenvalue weighted by molar-refractivity contribution is 9.10. The van der Waals surface area contributed by atoms with E-state index in [4.69, 9.17) is 5.73 Å². The maximum absolute atomic E-state index is 13.0. The van der Waals surface area contributed by atoms with Crippen molar-refractivity contribution in [1.82, 2.24) is 24.7 Å². The van der Waals surface area contributed by atoms with E-state index in [0.717, 1.165) is 47.0 Å². The van der Waals surface area contributed by atoms with Crippen LogP contribution in [0.1, 0.15) is 28.8 Å². The summed E-state index contributed by atoms with van der Waals surface area (Å²) in [4.78, 5) is 27.0. The summed E-state index contributed by atoms with van der Waals surface area (Å²) in [7, 11) is 0. The number of aromatic amines is 1. The zero-order valence-corrected chi connectivity index (χ0v) is 18.9. The SMILES string of the molecule is N[C@@H]1CCCN(c2c(Br)cnc3[nH]cc(NC(=O)c4cnn(Cc5cccnc5)c4)c23)C1. The van der Waals surface area contributed by atoms with Crippen molar-refractivity contribution in [3.05, 3.63) is 64.9 Å². The van der Waals surface area contributed by atoms with Crippen molar-refractivity contribution in [2.45, 2.75) is 25.4 Å². The molecule has 1 aliphatic rings. The minimum absolute atomic E-state index is 0.126. The van der Waals surface area contributed by atoms with Crippen LogP contribution in [-0.4, -0.2) is 49.8 Å². The Hall–Kier alpha value is -3.24. The highest BCUT2D eigenvalue weighted by atomic mass is 79.9. The smallest absolute Gasteiger partial charge is 0.258 e. The number of carbonyl (C=O) groups excluding carboxylic acids is 1. The molecule has 0 spiro atoms. The average molecular weight is 495 g/mol. The predicted molar refractivity (Wildman–Crippen MR) is 127 cm³/mol. The van der Waals surface area contributed by atoms with Crippen molar-refractivity contribution in [1.29, 1.82) is 0 Å². The molecule has 5 rings (SSSR count). The van der Waals surface area contributed by atoms with Crippen molar-refractivity contribution in [2.75, 3.05) is 23.3 Å². The summed E-state index contributed by atoms with van der Waals surface area (Å²) in [6.45, 7) is 2.22. The molecule has 0 unspecified atom stereocenters. The molecule has 4 N–H and O–H groups in total. The number of rotatable bonds is 5. The zero-order valence-electron chi connectivity index (χ0n) is 17.3. The molecular weight excluding hydrogens is 472 g/mol. The Kier molecular flexibility index (Phi) is 5.62. The Labute approximate surface area is 193 Å². The first-order chi connectivity index (χ1) is 15.6. The van der Waals surface area contributed by atoms with E-state index < -0.39 is 0 Å². The molecule has 0 aromatic carbocycles. The molecule has 1 amide bonds. The van der Waals surface area contributed by atoms with Crippen LogP contribution in [0.5, 0.6) is 0 Å². The lowest BCUT2D eigenvalue weighted by Crippen LogP contribution is -2.43. The lowest BCUT2D eigenvalue weighted by atomic mass is 10.1. The number of hydrogen-bond acceptors (Lipinski definition) is 6. The predicted octanol–water partition coefficient (Wildman–Crippen LogP) is 3.15. The van der Waals surface area contributed by atoms with Crippen LogP contribution in [0.4, 0.5) is 11.4 Å². The van der Waals surface area contributed by atoms with Crippen LogP contribution in [0.15, 0.2) is 53.8 Å². The highest BCUT2D eigenvalue weighted by Gasteiger charge is 2.24. The van der Waals surface area contributed by atoms with E-state index in [-0.39, 0.29) is 11.9 Å². The van der Waals surface area contributed by atoms with E-state index in [1.54, 1.807) is 41.9 Å². The van der Waals surface area contributed by atoms with Gasteiger partial charge in [-0.15, -0.1) is 0 Å². The summed E-state index contributed by atoms with van der Waals surface area (Å²) in [5.41, 5.74) is 10.1. The fourth-order valence-corrected chi connectivity index (χ4v) is 4.67. The summed E-state index contributed by atoms with van der Waals surface area (Å²) >= 11 is 3.65. The van der Waals surface area contributed by atoms with Gasteiger partial charge in [-0.05, 0) is 40.4 Å². The Morgan fingerprint density at radius 3 is 3.06 bits per heavy atom. The van der Waals surface area contributed by atoms with Crippen LogP contribution in [-0.2, 0) is 6.54 Å². The molecule has 0 radical (unpaired) electrons. The summed E-state index contributed by atoms with van der Waals surface area (Å²) in [5.74, 6) is -0.232. The van der Waals surface area contributed by atoms with Crippen molar-refractivity contribution >= 4 is 44.2 Å². The number of pyridine rings is 2. The molecule has 0 bridgehead atoms. The number of fused-ring (bicyclic) bond motifs is 1. The standard InChI is InChI=1S/C22H23BrN8O/c23-17-9-26-21-19(20(17)30-6-2-4-16(24)13-30)18(10-27-21)29-22(32)15-8-28-31(12-15)11-14-3-1-5-25-7-14/h1,3,5,7-10,12,16H,2,4,6,11,13,24H2,(H,26,27)(H,29,32)/t16-/m1/s1. The Bertz CT molecular complexity index is 1250. The summed E-state index contributed by atoms with van der Waals surface area (Å²) < 4.78 is 2.60. The molecule has 9 nitrogen and oxygen atoms in total. The second-order valence-corrected chi connectivity index (χ2v) is 8.83. The van der Waals surface area contributed by atoms with Crippen LogP contribution in [0.25, 0.3) is 11.0 Å². The van der Waals surface area contributed by atoms with Crippen molar-refractivity contribution in [3.63, 3.8) is 0 Å². The van der Waals surface area contributed by atoms with Gasteiger partial charge in [0.05, 0.1) is 39.5 Å². The van der Waals surface area contributed by atoms with Crippen molar-refractivity contribution < 1.29 is 4.79 Å². The van der Waals surface area contributed by atoms with Gasteiger partial charge in [-0.3, -0.25) is 14.5 Å². The van der Waals surface area contributed by atoms with Gasteiger partial charge in [0, 0.05) is 50.1 Å². The number of aromatic nitrogens is 5. The Morgan fingerprint density at radius 1 is 1.34 bits per heavy atom. The fourth-order valence-electron chi connectivity index (χ4n) is 4.12. The van der Waals surface area contributed by atoms with Gasteiger partial charge in [-0.25, -0.2) is 4.98 Å². The van der Waals surface area contributed by atoms with Gasteiger partial charge in [-0.1, -0.05) is 6.07 Å². The Balaban J connectivity index is 1.41. The average Bonchev–Trinajstić information content (AvgIpc) is 3.42. The number of halogens is 1. The van der Waals surface area contributed by atoms with E-state index in [9.17, 15) is 4.79 Å². The first kappa shape index (κ1) is 20.7. The normalized spacial score (nSPS) is 16.4. The molecule has 1 saturated heterocycles. The van der Waals surface area contributed by atoms with Crippen molar-refractivity contribution in [2.24, 2.45) is 5.73 Å². The second kappa shape index (κ2) is 8.71. The van der Waals surface area contributed by atoms with Crippen molar-refractivity contribution in [3.8, 4) is 0 Å². The van der Waals surface area contributed by atoms with Gasteiger partial charge in [0.2, 0.25) is 0 Å². The monoisotopic (exact) mass is 494 g/mol. The van der Waals surface area contributed by atoms with E-state index in [1.165, 1.54) is 0 Å². The molecule has 164 valence electrons. The van der Waals surface area contributed by atoms with E-state index >= 15 is 0 Å².